The Morgan fingerprint density at radius 2 is 1.71 bits per heavy atom. The molecule has 0 aliphatic carbocycles. The molecule has 2 aliphatic heterocycles. The molecule has 1 N–H and O–H groups in total. The number of aliphatic hydroxyl groups excluding tert-OH is 1. The molecule has 2 heterocycles. The molecule has 2 aromatic rings. The van der Waals surface area contributed by atoms with Gasteiger partial charge >= 0.3 is 0 Å². The van der Waals surface area contributed by atoms with Gasteiger partial charge in [-0.05, 0) is 42.3 Å². The number of morpholine rings is 1. The van der Waals surface area contributed by atoms with E-state index < -0.39 is 23.5 Å². The first-order chi connectivity index (χ1) is 16.9. The zero-order valence-electron chi connectivity index (χ0n) is 19.8. The minimum Gasteiger partial charge on any atom is -0.507 e. The molecule has 35 heavy (non-hydrogen) atoms. The quantitative estimate of drug-likeness (QED) is 0.350. The van der Waals surface area contributed by atoms with Gasteiger partial charge in [-0.2, -0.15) is 0 Å². The van der Waals surface area contributed by atoms with Crippen molar-refractivity contribution in [1.29, 1.82) is 0 Å². The van der Waals surface area contributed by atoms with E-state index in [4.69, 9.17) is 14.2 Å². The molecule has 0 spiro atoms. The molecule has 2 aromatic carbocycles. The number of benzene rings is 2. The second-order valence-electron chi connectivity index (χ2n) is 8.42. The second-order valence-corrected chi connectivity index (χ2v) is 8.42. The number of carbonyl (C=O) groups excluding carboxylic acids is 2. The Hall–Kier alpha value is -3.43. The highest BCUT2D eigenvalue weighted by atomic mass is 19.1. The number of rotatable bonds is 8. The van der Waals surface area contributed by atoms with E-state index in [0.29, 0.717) is 48.8 Å². The number of methoxy groups -OCH3 is 2. The number of hydrogen-bond donors (Lipinski definition) is 1. The monoisotopic (exact) mass is 484 g/mol. The van der Waals surface area contributed by atoms with Crippen LogP contribution in [0.5, 0.6) is 11.5 Å². The van der Waals surface area contributed by atoms with Crippen molar-refractivity contribution in [2.45, 2.75) is 12.5 Å². The number of halogens is 1. The van der Waals surface area contributed by atoms with Crippen LogP contribution in [-0.4, -0.2) is 80.2 Å². The lowest BCUT2D eigenvalue weighted by Crippen LogP contribution is -2.38. The Morgan fingerprint density at radius 3 is 2.37 bits per heavy atom. The van der Waals surface area contributed by atoms with Crippen LogP contribution in [0.15, 0.2) is 48.0 Å². The fourth-order valence-corrected chi connectivity index (χ4v) is 4.53. The summed E-state index contributed by atoms with van der Waals surface area (Å²) in [5, 5.41) is 11.2. The molecule has 186 valence electrons. The fourth-order valence-electron chi connectivity index (χ4n) is 4.53. The maximum atomic E-state index is 13.7. The molecule has 2 saturated heterocycles. The van der Waals surface area contributed by atoms with E-state index >= 15 is 0 Å². The number of amides is 1. The first kappa shape index (κ1) is 24.7. The van der Waals surface area contributed by atoms with E-state index in [-0.39, 0.29) is 11.3 Å². The summed E-state index contributed by atoms with van der Waals surface area (Å²) >= 11 is 0. The first-order valence-corrected chi connectivity index (χ1v) is 11.5. The third-order valence-electron chi connectivity index (χ3n) is 6.36. The molecule has 8 nitrogen and oxygen atoms in total. The minimum absolute atomic E-state index is 0.0415. The van der Waals surface area contributed by atoms with E-state index in [0.717, 1.165) is 19.6 Å². The van der Waals surface area contributed by atoms with Crippen molar-refractivity contribution < 1.29 is 33.3 Å². The van der Waals surface area contributed by atoms with E-state index in [2.05, 4.69) is 4.90 Å². The van der Waals surface area contributed by atoms with Crippen LogP contribution >= 0.6 is 0 Å². The lowest BCUT2D eigenvalue weighted by Gasteiger charge is -2.29. The predicted octanol–water partition coefficient (Wildman–Crippen LogP) is 2.99. The molecule has 0 unspecified atom stereocenters. The molecule has 0 saturated carbocycles. The van der Waals surface area contributed by atoms with Crippen molar-refractivity contribution in [2.75, 3.05) is 53.6 Å². The SMILES string of the molecule is COc1ccc(C(O)=C2C(=O)C(=O)N(CCCN3CCOCC3)[C@H]2c2ccc(F)cc2)cc1OC. The summed E-state index contributed by atoms with van der Waals surface area (Å²) in [5.41, 5.74) is 0.806. The van der Waals surface area contributed by atoms with Gasteiger partial charge in [0.1, 0.15) is 11.6 Å². The molecule has 4 rings (SSSR count). The van der Waals surface area contributed by atoms with E-state index in [1.54, 1.807) is 18.2 Å². The van der Waals surface area contributed by atoms with Gasteiger partial charge in [0.05, 0.1) is 39.0 Å². The predicted molar refractivity (Wildman–Crippen MR) is 127 cm³/mol. The van der Waals surface area contributed by atoms with Crippen LogP contribution in [0, 0.1) is 5.82 Å². The van der Waals surface area contributed by atoms with Crippen LogP contribution in [0.3, 0.4) is 0 Å². The largest absolute Gasteiger partial charge is 0.507 e. The van der Waals surface area contributed by atoms with Gasteiger partial charge in [0.25, 0.3) is 11.7 Å². The highest BCUT2D eigenvalue weighted by Gasteiger charge is 2.45. The van der Waals surface area contributed by atoms with Crippen LogP contribution in [0.2, 0.25) is 0 Å². The number of likely N-dealkylation sites (tertiary alicyclic amines) is 1. The summed E-state index contributed by atoms with van der Waals surface area (Å²) < 4.78 is 29.6. The third-order valence-corrected chi connectivity index (χ3v) is 6.36. The molecular formula is C26H29FN2O6. The van der Waals surface area contributed by atoms with E-state index in [9.17, 15) is 19.1 Å². The molecule has 1 atom stereocenters. The van der Waals surface area contributed by atoms with Crippen LogP contribution in [0.25, 0.3) is 5.76 Å². The lowest BCUT2D eigenvalue weighted by molar-refractivity contribution is -0.140. The number of nitrogens with zero attached hydrogens (tertiary/aromatic N) is 2. The summed E-state index contributed by atoms with van der Waals surface area (Å²) in [6.07, 6.45) is 0.640. The molecule has 0 bridgehead atoms. The minimum atomic E-state index is -0.839. The van der Waals surface area contributed by atoms with Crippen molar-refractivity contribution in [3.8, 4) is 11.5 Å². The molecule has 9 heteroatoms. The Kier molecular flexibility index (Phi) is 7.67. The summed E-state index contributed by atoms with van der Waals surface area (Å²) in [5.74, 6) is -1.40. The Bertz CT molecular complexity index is 1110. The average molecular weight is 485 g/mol. The molecule has 0 radical (unpaired) electrons. The highest BCUT2D eigenvalue weighted by Crippen LogP contribution is 2.40. The van der Waals surface area contributed by atoms with E-state index in [1.807, 2.05) is 0 Å². The van der Waals surface area contributed by atoms with Gasteiger partial charge in [-0.3, -0.25) is 14.5 Å². The summed E-state index contributed by atoms with van der Waals surface area (Å²) in [6, 6.07) is 9.52. The van der Waals surface area contributed by atoms with Crippen LogP contribution in [-0.2, 0) is 14.3 Å². The van der Waals surface area contributed by atoms with Crippen molar-refractivity contribution in [1.82, 2.24) is 9.80 Å². The van der Waals surface area contributed by atoms with Gasteiger partial charge in [0.15, 0.2) is 11.5 Å². The number of hydrogen-bond acceptors (Lipinski definition) is 7. The lowest BCUT2D eigenvalue weighted by atomic mass is 9.95. The zero-order valence-corrected chi connectivity index (χ0v) is 19.8. The summed E-state index contributed by atoms with van der Waals surface area (Å²) in [7, 11) is 2.96. The summed E-state index contributed by atoms with van der Waals surface area (Å²) in [4.78, 5) is 30.0. The van der Waals surface area contributed by atoms with Gasteiger partial charge in [0, 0.05) is 31.7 Å². The maximum Gasteiger partial charge on any atom is 0.295 e. The van der Waals surface area contributed by atoms with Crippen molar-refractivity contribution in [2.24, 2.45) is 0 Å². The van der Waals surface area contributed by atoms with Crippen LogP contribution < -0.4 is 9.47 Å². The second kappa shape index (κ2) is 10.9. The standard InChI is InChI=1S/C26H29FN2O6/c1-33-20-9-6-18(16-21(20)34-2)24(30)22-23(17-4-7-19(27)8-5-17)29(26(32)25(22)31)11-3-10-28-12-14-35-15-13-28/h4-9,16,23,30H,3,10-15H2,1-2H3/t23-/m0/s1. The number of ether oxygens (including phenoxy) is 3. The number of carbonyl (C=O) groups is 2. The zero-order chi connectivity index (χ0) is 24.9. The Balaban J connectivity index is 1.69. The molecular weight excluding hydrogens is 455 g/mol. The normalized spacial score (nSPS) is 20.3. The molecule has 0 aromatic heterocycles. The topological polar surface area (TPSA) is 88.5 Å². The van der Waals surface area contributed by atoms with Gasteiger partial charge in [0.2, 0.25) is 0 Å². The van der Waals surface area contributed by atoms with Crippen LogP contribution in [0.1, 0.15) is 23.6 Å². The van der Waals surface area contributed by atoms with Gasteiger partial charge in [-0.15, -0.1) is 0 Å². The van der Waals surface area contributed by atoms with Crippen molar-refractivity contribution in [3.63, 3.8) is 0 Å². The smallest absolute Gasteiger partial charge is 0.295 e. The Labute approximate surface area is 203 Å². The van der Waals surface area contributed by atoms with Crippen molar-refractivity contribution in [3.05, 3.63) is 65.0 Å². The highest BCUT2D eigenvalue weighted by molar-refractivity contribution is 6.46. The Morgan fingerprint density at radius 1 is 1.03 bits per heavy atom. The van der Waals surface area contributed by atoms with Gasteiger partial charge in [-0.1, -0.05) is 12.1 Å². The number of ketones is 1. The van der Waals surface area contributed by atoms with Gasteiger partial charge < -0.3 is 24.2 Å². The van der Waals surface area contributed by atoms with Crippen LogP contribution in [0.4, 0.5) is 4.39 Å². The number of aliphatic hydroxyl groups is 1. The van der Waals surface area contributed by atoms with Gasteiger partial charge in [-0.25, -0.2) is 4.39 Å². The molecule has 1 amide bonds. The summed E-state index contributed by atoms with van der Waals surface area (Å²) in [6.45, 7) is 4.04. The first-order valence-electron chi connectivity index (χ1n) is 11.5. The molecule has 2 aliphatic rings. The average Bonchev–Trinajstić information content (AvgIpc) is 3.14. The number of Topliss-reactive ketones (excluding diaryl/α,β-unsaturated/α-hetero) is 1. The third kappa shape index (κ3) is 5.16. The molecule has 2 fully saturated rings. The van der Waals surface area contributed by atoms with Crippen molar-refractivity contribution >= 4 is 17.4 Å². The fraction of sp³-hybridized carbons (Fsp3) is 0.385. The van der Waals surface area contributed by atoms with E-state index in [1.165, 1.54) is 43.4 Å². The maximum absolute atomic E-state index is 13.7.